The summed E-state index contributed by atoms with van der Waals surface area (Å²) in [7, 11) is 1.56. The van der Waals surface area contributed by atoms with Gasteiger partial charge in [0.1, 0.15) is 0 Å². The Morgan fingerprint density at radius 1 is 1.04 bits per heavy atom. The van der Waals surface area contributed by atoms with E-state index in [2.05, 4.69) is 22.4 Å². The van der Waals surface area contributed by atoms with Gasteiger partial charge in [-0.15, -0.1) is 11.8 Å². The Hall–Kier alpha value is -2.79. The number of hydrogen-bond donors (Lipinski definition) is 1. The van der Waals surface area contributed by atoms with Crippen LogP contribution in [0, 0.1) is 0 Å². The fraction of sp³-hybridized carbons (Fsp3) is 0.100. The molecule has 2 aromatic carbocycles. The predicted octanol–water partition coefficient (Wildman–Crippen LogP) is 4.63. The van der Waals surface area contributed by atoms with Gasteiger partial charge in [-0.25, -0.2) is 4.98 Å². The standard InChI is InChI=1S/C20H18N2O2S/c1-24-19-12-11-16(13-21-19)22-20(23)17-9-5-6-10-18(17)25-14-15-7-3-2-4-8-15/h2-13H,14H2,1H3,(H,22,23). The first kappa shape index (κ1) is 17.0. The lowest BCUT2D eigenvalue weighted by Crippen LogP contribution is -2.13. The zero-order valence-corrected chi connectivity index (χ0v) is 14.6. The van der Waals surface area contributed by atoms with Gasteiger partial charge in [0.05, 0.1) is 24.6 Å². The van der Waals surface area contributed by atoms with Crippen molar-refractivity contribution in [1.82, 2.24) is 4.98 Å². The van der Waals surface area contributed by atoms with Crippen molar-refractivity contribution in [3.63, 3.8) is 0 Å². The van der Waals surface area contributed by atoms with E-state index < -0.39 is 0 Å². The number of nitrogens with one attached hydrogen (secondary N) is 1. The van der Waals surface area contributed by atoms with Crippen LogP contribution in [0.15, 0.2) is 77.8 Å². The highest BCUT2D eigenvalue weighted by Crippen LogP contribution is 2.27. The third-order valence-corrected chi connectivity index (χ3v) is 4.72. The molecule has 4 nitrogen and oxygen atoms in total. The molecule has 0 saturated carbocycles. The zero-order valence-electron chi connectivity index (χ0n) is 13.8. The number of pyridine rings is 1. The summed E-state index contributed by atoms with van der Waals surface area (Å²) in [5.41, 5.74) is 2.51. The maximum atomic E-state index is 12.6. The monoisotopic (exact) mass is 350 g/mol. The van der Waals surface area contributed by atoms with E-state index in [1.54, 1.807) is 37.2 Å². The molecule has 5 heteroatoms. The SMILES string of the molecule is COc1ccc(NC(=O)c2ccccc2SCc2ccccc2)cn1. The number of rotatable bonds is 6. The van der Waals surface area contributed by atoms with Gasteiger partial charge in [0.15, 0.2) is 0 Å². The van der Waals surface area contributed by atoms with Crippen LogP contribution in [0.1, 0.15) is 15.9 Å². The third kappa shape index (κ3) is 4.61. The average Bonchev–Trinajstić information content (AvgIpc) is 2.68. The molecule has 1 heterocycles. The van der Waals surface area contributed by atoms with Crippen molar-refractivity contribution < 1.29 is 9.53 Å². The number of carbonyl (C=O) groups excluding carboxylic acids is 1. The van der Waals surface area contributed by atoms with Crippen LogP contribution in [-0.4, -0.2) is 18.0 Å². The van der Waals surface area contributed by atoms with Crippen LogP contribution in [0.3, 0.4) is 0 Å². The molecule has 3 rings (SSSR count). The molecule has 0 bridgehead atoms. The molecule has 0 unspecified atom stereocenters. The molecular weight excluding hydrogens is 332 g/mol. The lowest BCUT2D eigenvalue weighted by Gasteiger charge is -2.10. The van der Waals surface area contributed by atoms with Gasteiger partial charge in [0.2, 0.25) is 5.88 Å². The first-order chi connectivity index (χ1) is 12.3. The maximum Gasteiger partial charge on any atom is 0.256 e. The number of ether oxygens (including phenoxy) is 1. The summed E-state index contributed by atoms with van der Waals surface area (Å²) >= 11 is 1.65. The maximum absolute atomic E-state index is 12.6. The summed E-state index contributed by atoms with van der Waals surface area (Å²) in [6, 6.07) is 21.3. The number of hydrogen-bond acceptors (Lipinski definition) is 4. The van der Waals surface area contributed by atoms with Crippen LogP contribution in [0.2, 0.25) is 0 Å². The molecule has 0 aliphatic heterocycles. The number of benzene rings is 2. The summed E-state index contributed by atoms with van der Waals surface area (Å²) in [5, 5.41) is 2.88. The number of nitrogens with zero attached hydrogens (tertiary/aromatic N) is 1. The van der Waals surface area contributed by atoms with Gasteiger partial charge in [-0.1, -0.05) is 42.5 Å². The molecule has 0 spiro atoms. The van der Waals surface area contributed by atoms with Crippen molar-refractivity contribution in [2.45, 2.75) is 10.6 Å². The number of amides is 1. The van der Waals surface area contributed by atoms with Crippen LogP contribution >= 0.6 is 11.8 Å². The van der Waals surface area contributed by atoms with Crippen molar-refractivity contribution in [3.05, 3.63) is 84.1 Å². The molecule has 126 valence electrons. The topological polar surface area (TPSA) is 51.2 Å². The lowest BCUT2D eigenvalue weighted by atomic mass is 10.2. The van der Waals surface area contributed by atoms with E-state index in [-0.39, 0.29) is 5.91 Å². The highest BCUT2D eigenvalue weighted by atomic mass is 32.2. The molecule has 3 aromatic rings. The Morgan fingerprint density at radius 2 is 1.80 bits per heavy atom. The number of methoxy groups -OCH3 is 1. The van der Waals surface area contributed by atoms with Gasteiger partial charge in [-0.2, -0.15) is 0 Å². The van der Waals surface area contributed by atoms with Crippen LogP contribution < -0.4 is 10.1 Å². The second-order valence-corrected chi connectivity index (χ2v) is 6.33. The number of anilines is 1. The fourth-order valence-corrected chi connectivity index (χ4v) is 3.29. The second kappa shape index (κ2) is 8.35. The predicted molar refractivity (Wildman–Crippen MR) is 101 cm³/mol. The average molecular weight is 350 g/mol. The van der Waals surface area contributed by atoms with Gasteiger partial charge >= 0.3 is 0 Å². The Labute approximate surface area is 151 Å². The lowest BCUT2D eigenvalue weighted by molar-refractivity contribution is 0.102. The largest absolute Gasteiger partial charge is 0.481 e. The van der Waals surface area contributed by atoms with Crippen molar-refractivity contribution >= 4 is 23.4 Å². The summed E-state index contributed by atoms with van der Waals surface area (Å²) in [6.07, 6.45) is 1.58. The van der Waals surface area contributed by atoms with Gasteiger partial charge < -0.3 is 10.1 Å². The van der Waals surface area contributed by atoms with Crippen LogP contribution in [0.5, 0.6) is 5.88 Å². The first-order valence-electron chi connectivity index (χ1n) is 7.83. The van der Waals surface area contributed by atoms with E-state index in [0.717, 1.165) is 10.6 Å². The summed E-state index contributed by atoms with van der Waals surface area (Å²) in [5.74, 6) is 1.18. The molecule has 25 heavy (non-hydrogen) atoms. The molecule has 0 saturated heterocycles. The first-order valence-corrected chi connectivity index (χ1v) is 8.82. The fourth-order valence-electron chi connectivity index (χ4n) is 2.29. The third-order valence-electron chi connectivity index (χ3n) is 3.57. The summed E-state index contributed by atoms with van der Waals surface area (Å²) in [6.45, 7) is 0. The van der Waals surface area contributed by atoms with E-state index >= 15 is 0 Å². The number of aromatic nitrogens is 1. The summed E-state index contributed by atoms with van der Waals surface area (Å²) < 4.78 is 5.02. The second-order valence-electron chi connectivity index (χ2n) is 5.31. The molecule has 1 N–H and O–H groups in total. The molecule has 0 aliphatic rings. The highest BCUT2D eigenvalue weighted by Gasteiger charge is 2.12. The minimum absolute atomic E-state index is 0.150. The van der Waals surface area contributed by atoms with Crippen LogP contribution in [0.25, 0.3) is 0 Å². The summed E-state index contributed by atoms with van der Waals surface area (Å²) in [4.78, 5) is 17.7. The molecule has 0 radical (unpaired) electrons. The Balaban J connectivity index is 1.71. The van der Waals surface area contributed by atoms with E-state index in [1.165, 1.54) is 5.56 Å². The molecule has 0 aliphatic carbocycles. The molecule has 1 amide bonds. The highest BCUT2D eigenvalue weighted by molar-refractivity contribution is 7.98. The van der Waals surface area contributed by atoms with Crippen molar-refractivity contribution in [2.24, 2.45) is 0 Å². The van der Waals surface area contributed by atoms with E-state index in [0.29, 0.717) is 17.1 Å². The van der Waals surface area contributed by atoms with Gasteiger partial charge in [0.25, 0.3) is 5.91 Å². The van der Waals surface area contributed by atoms with E-state index in [9.17, 15) is 4.79 Å². The smallest absolute Gasteiger partial charge is 0.256 e. The minimum atomic E-state index is -0.150. The molecule has 0 atom stereocenters. The van der Waals surface area contributed by atoms with Crippen LogP contribution in [-0.2, 0) is 5.75 Å². The Bertz CT molecular complexity index is 836. The Morgan fingerprint density at radius 3 is 2.52 bits per heavy atom. The zero-order chi connectivity index (χ0) is 17.5. The van der Waals surface area contributed by atoms with Crippen LogP contribution in [0.4, 0.5) is 5.69 Å². The number of carbonyl (C=O) groups is 1. The Kier molecular flexibility index (Phi) is 5.69. The molecule has 0 fully saturated rings. The van der Waals surface area contributed by atoms with Gasteiger partial charge in [-0.05, 0) is 23.8 Å². The van der Waals surface area contributed by atoms with Crippen molar-refractivity contribution in [2.75, 3.05) is 12.4 Å². The van der Waals surface area contributed by atoms with Crippen molar-refractivity contribution in [1.29, 1.82) is 0 Å². The minimum Gasteiger partial charge on any atom is -0.481 e. The normalized spacial score (nSPS) is 10.3. The van der Waals surface area contributed by atoms with Gasteiger partial charge in [0, 0.05) is 16.7 Å². The van der Waals surface area contributed by atoms with Gasteiger partial charge in [-0.3, -0.25) is 4.79 Å². The van der Waals surface area contributed by atoms with E-state index in [1.807, 2.05) is 42.5 Å². The van der Waals surface area contributed by atoms with E-state index in [4.69, 9.17) is 4.74 Å². The van der Waals surface area contributed by atoms with Crippen molar-refractivity contribution in [3.8, 4) is 5.88 Å². The quantitative estimate of drug-likeness (QED) is 0.658. The molecule has 1 aromatic heterocycles. The molecular formula is C20H18N2O2S. The number of thioether (sulfide) groups is 1.